The summed E-state index contributed by atoms with van der Waals surface area (Å²) < 4.78 is 5.55. The number of aromatic nitrogens is 2. The van der Waals surface area contributed by atoms with Crippen molar-refractivity contribution in [1.29, 1.82) is 0 Å². The quantitative estimate of drug-likeness (QED) is 0.199. The van der Waals surface area contributed by atoms with Crippen molar-refractivity contribution in [2.75, 3.05) is 24.0 Å². The number of rotatable bonds is 4. The Labute approximate surface area is 236 Å². The van der Waals surface area contributed by atoms with Crippen LogP contribution in [0.15, 0.2) is 79.0 Å². The van der Waals surface area contributed by atoms with E-state index < -0.39 is 0 Å². The molecule has 0 saturated heterocycles. The molecule has 5 aromatic rings. The molecule has 0 bridgehead atoms. The fraction of sp³-hybridized carbons (Fsp3) is 0.161. The minimum Gasteiger partial charge on any atom is -0.506 e. The largest absolute Gasteiger partial charge is 0.506 e. The van der Waals surface area contributed by atoms with Crippen molar-refractivity contribution in [2.24, 2.45) is 0 Å². The fourth-order valence-corrected chi connectivity index (χ4v) is 5.01. The van der Waals surface area contributed by atoms with Crippen LogP contribution in [0.5, 0.6) is 11.5 Å². The number of nitrogens with zero attached hydrogens (tertiary/aromatic N) is 4. The number of pyridine rings is 2. The predicted octanol–water partition coefficient (Wildman–Crippen LogP) is 7.48. The van der Waals surface area contributed by atoms with Gasteiger partial charge < -0.3 is 19.6 Å². The first-order valence-corrected chi connectivity index (χ1v) is 12.3. The smallest absolute Gasteiger partial charge is 0.140 e. The Morgan fingerprint density at radius 2 is 1.74 bits per heavy atom. The Balaban J connectivity index is 0.00000294. The molecule has 0 fully saturated rings. The SMILES string of the molecule is COc1ccc2c(c1)N(c1ccccn1)c1[c-]c(-c3ccc4c(C(C)C)ccc(O)c4n3)ccc1N2C.[Pt]. The van der Waals surface area contributed by atoms with Crippen molar-refractivity contribution >= 4 is 39.5 Å². The van der Waals surface area contributed by atoms with E-state index >= 15 is 0 Å². The van der Waals surface area contributed by atoms with Gasteiger partial charge in [-0.2, -0.15) is 0 Å². The van der Waals surface area contributed by atoms with Crippen molar-refractivity contribution in [3.05, 3.63) is 90.6 Å². The van der Waals surface area contributed by atoms with Crippen molar-refractivity contribution in [3.63, 3.8) is 0 Å². The number of anilines is 5. The van der Waals surface area contributed by atoms with Gasteiger partial charge in [-0.15, -0.1) is 23.8 Å². The van der Waals surface area contributed by atoms with Gasteiger partial charge in [-0.3, -0.25) is 4.98 Å². The van der Waals surface area contributed by atoms with E-state index in [9.17, 15) is 5.11 Å². The summed E-state index contributed by atoms with van der Waals surface area (Å²) in [4.78, 5) is 13.8. The van der Waals surface area contributed by atoms with Crippen molar-refractivity contribution < 1.29 is 30.9 Å². The maximum Gasteiger partial charge on any atom is 0.140 e. The molecule has 3 aromatic carbocycles. The first-order chi connectivity index (χ1) is 18.0. The van der Waals surface area contributed by atoms with Gasteiger partial charge in [0.1, 0.15) is 22.8 Å². The van der Waals surface area contributed by atoms with Crippen LogP contribution in [-0.2, 0) is 21.1 Å². The summed E-state index contributed by atoms with van der Waals surface area (Å²) >= 11 is 0. The summed E-state index contributed by atoms with van der Waals surface area (Å²) in [6.07, 6.45) is 1.79. The van der Waals surface area contributed by atoms with E-state index in [1.165, 1.54) is 0 Å². The van der Waals surface area contributed by atoms with Gasteiger partial charge in [0.25, 0.3) is 0 Å². The van der Waals surface area contributed by atoms with E-state index in [1.807, 2.05) is 61.6 Å². The van der Waals surface area contributed by atoms with Gasteiger partial charge in [0.2, 0.25) is 0 Å². The molecule has 2 aromatic heterocycles. The monoisotopic (exact) mass is 682 g/mol. The van der Waals surface area contributed by atoms with Crippen molar-refractivity contribution in [3.8, 4) is 22.8 Å². The van der Waals surface area contributed by atoms with Crippen LogP contribution >= 0.6 is 0 Å². The molecule has 1 aliphatic heterocycles. The molecule has 1 N–H and O–H groups in total. The Morgan fingerprint density at radius 1 is 0.921 bits per heavy atom. The topological polar surface area (TPSA) is 61.7 Å². The average Bonchev–Trinajstić information content (AvgIpc) is 2.93. The van der Waals surface area contributed by atoms with E-state index in [0.717, 1.165) is 56.5 Å². The van der Waals surface area contributed by atoms with Gasteiger partial charge >= 0.3 is 0 Å². The van der Waals surface area contributed by atoms with Crippen molar-refractivity contribution in [2.45, 2.75) is 19.8 Å². The molecule has 6 nitrogen and oxygen atoms in total. The number of methoxy groups -OCH3 is 1. The van der Waals surface area contributed by atoms with Crippen LogP contribution in [0, 0.1) is 6.07 Å². The van der Waals surface area contributed by atoms with Gasteiger partial charge in [0.05, 0.1) is 18.5 Å². The number of ether oxygens (including phenoxy) is 1. The second kappa shape index (κ2) is 10.1. The minimum absolute atomic E-state index is 0. The third kappa shape index (κ3) is 4.19. The average molecular weight is 683 g/mol. The van der Waals surface area contributed by atoms with E-state index in [1.54, 1.807) is 19.4 Å². The molecular weight excluding hydrogens is 655 g/mol. The zero-order valence-corrected chi connectivity index (χ0v) is 23.8. The summed E-state index contributed by atoms with van der Waals surface area (Å²) in [5.74, 6) is 2.05. The van der Waals surface area contributed by atoms with Crippen LogP contribution in [-0.4, -0.2) is 29.2 Å². The Kier molecular flexibility index (Phi) is 6.85. The van der Waals surface area contributed by atoms with Gasteiger partial charge in [-0.05, 0) is 58.9 Å². The number of aromatic hydroxyl groups is 1. The summed E-state index contributed by atoms with van der Waals surface area (Å²) in [5, 5.41) is 11.6. The number of benzene rings is 3. The number of fused-ring (bicyclic) bond motifs is 3. The maximum absolute atomic E-state index is 10.6. The van der Waals surface area contributed by atoms with Crippen molar-refractivity contribution in [1.82, 2.24) is 9.97 Å². The van der Waals surface area contributed by atoms with Gasteiger partial charge in [-0.1, -0.05) is 38.1 Å². The second-order valence-corrected chi connectivity index (χ2v) is 9.46. The summed E-state index contributed by atoms with van der Waals surface area (Å²) in [6, 6.07) is 27.4. The zero-order valence-electron chi connectivity index (χ0n) is 21.5. The first-order valence-electron chi connectivity index (χ1n) is 12.3. The number of phenols is 1. The molecule has 0 saturated carbocycles. The predicted molar refractivity (Wildman–Crippen MR) is 149 cm³/mol. The first kappa shape index (κ1) is 25.7. The van der Waals surface area contributed by atoms with Crippen LogP contribution in [0.2, 0.25) is 0 Å². The third-order valence-electron chi connectivity index (χ3n) is 6.92. The van der Waals surface area contributed by atoms with Crippen LogP contribution < -0.4 is 14.5 Å². The zero-order chi connectivity index (χ0) is 25.7. The van der Waals surface area contributed by atoms with E-state index in [2.05, 4.69) is 46.8 Å². The molecule has 1 aliphatic rings. The summed E-state index contributed by atoms with van der Waals surface area (Å²) in [7, 11) is 3.72. The second-order valence-electron chi connectivity index (χ2n) is 9.46. The Morgan fingerprint density at radius 3 is 2.47 bits per heavy atom. The number of hydrogen-bond acceptors (Lipinski definition) is 6. The molecule has 194 valence electrons. The van der Waals surface area contributed by atoms with E-state index in [0.29, 0.717) is 11.4 Å². The summed E-state index contributed by atoms with van der Waals surface area (Å²) in [5.41, 5.74) is 7.18. The Bertz CT molecular complexity index is 1640. The van der Waals surface area contributed by atoms with Gasteiger partial charge in [0.15, 0.2) is 0 Å². The molecule has 0 atom stereocenters. The standard InChI is InChI=1S/C31H27N4O2.Pt/c1-19(2)22-11-15-29(36)31-23(22)10-12-24(33-31)20-8-13-25-27(17-20)35(30-7-5-6-16-32-30)28-18-21(37-4)9-14-26(28)34(25)3;/h5-16,18-19,36H,1-4H3;/q-1;. The van der Waals surface area contributed by atoms with Gasteiger partial charge in [0, 0.05) is 45.8 Å². The molecule has 0 radical (unpaired) electrons. The molecule has 3 heterocycles. The van der Waals surface area contributed by atoms with Crippen LogP contribution in [0.3, 0.4) is 0 Å². The minimum atomic E-state index is 0. The number of phenolic OH excluding ortho intramolecular Hbond substituents is 1. The Hall–Kier alpha value is -3.89. The number of hydrogen-bond donors (Lipinski definition) is 1. The van der Waals surface area contributed by atoms with Crippen LogP contribution in [0.4, 0.5) is 28.6 Å². The van der Waals surface area contributed by atoms with E-state index in [4.69, 9.17) is 9.72 Å². The van der Waals surface area contributed by atoms with E-state index in [-0.39, 0.29) is 26.8 Å². The molecule has 0 amide bonds. The molecule has 0 unspecified atom stereocenters. The molecule has 7 heteroatoms. The molecule has 0 aliphatic carbocycles. The third-order valence-corrected chi connectivity index (χ3v) is 6.92. The molecule has 6 rings (SSSR count). The molecule has 0 spiro atoms. The summed E-state index contributed by atoms with van der Waals surface area (Å²) in [6.45, 7) is 4.29. The van der Waals surface area contributed by atoms with Crippen LogP contribution in [0.1, 0.15) is 25.3 Å². The molecular formula is C31H27N4O2Pt-. The normalized spacial score (nSPS) is 12.2. The maximum atomic E-state index is 10.6. The fourth-order valence-electron chi connectivity index (χ4n) is 5.01. The molecule has 38 heavy (non-hydrogen) atoms. The van der Waals surface area contributed by atoms with Gasteiger partial charge in [-0.25, -0.2) is 4.98 Å². The van der Waals surface area contributed by atoms with Crippen LogP contribution in [0.25, 0.3) is 22.2 Å².